The summed E-state index contributed by atoms with van der Waals surface area (Å²) in [5, 5.41) is 6.38. The van der Waals surface area contributed by atoms with Gasteiger partial charge in [0.15, 0.2) is 0 Å². The Morgan fingerprint density at radius 3 is 2.38 bits per heavy atom. The van der Waals surface area contributed by atoms with Gasteiger partial charge in [-0.2, -0.15) is 0 Å². The van der Waals surface area contributed by atoms with Crippen molar-refractivity contribution < 1.29 is 9.53 Å². The molecule has 0 amide bonds. The van der Waals surface area contributed by atoms with Crippen LogP contribution in [0.4, 0.5) is 10.7 Å². The highest BCUT2D eigenvalue weighted by Crippen LogP contribution is 2.41. The Kier molecular flexibility index (Phi) is 4.76. The van der Waals surface area contributed by atoms with E-state index in [0.29, 0.717) is 18.1 Å². The Labute approximate surface area is 157 Å². The van der Waals surface area contributed by atoms with Crippen LogP contribution in [-0.4, -0.2) is 12.6 Å². The van der Waals surface area contributed by atoms with Crippen molar-refractivity contribution in [3.8, 4) is 0 Å². The van der Waals surface area contributed by atoms with Gasteiger partial charge in [0.05, 0.1) is 12.2 Å². The number of benzene rings is 2. The minimum atomic E-state index is -0.238. The Hall–Kier alpha value is -2.59. The lowest BCUT2D eigenvalue weighted by Crippen LogP contribution is -2.11. The first-order valence-corrected chi connectivity index (χ1v) is 9.81. The van der Waals surface area contributed by atoms with Gasteiger partial charge in [-0.15, -0.1) is 11.3 Å². The van der Waals surface area contributed by atoms with Crippen molar-refractivity contribution in [2.45, 2.75) is 25.7 Å². The van der Waals surface area contributed by atoms with Gasteiger partial charge in [-0.05, 0) is 59.9 Å². The summed E-state index contributed by atoms with van der Waals surface area (Å²) >= 11 is 1.58. The summed E-state index contributed by atoms with van der Waals surface area (Å²) in [4.78, 5) is 12.7. The molecule has 1 heterocycles. The van der Waals surface area contributed by atoms with Gasteiger partial charge in [0, 0.05) is 5.69 Å². The van der Waals surface area contributed by atoms with Crippen molar-refractivity contribution >= 4 is 28.0 Å². The molecule has 1 N–H and O–H groups in total. The predicted octanol–water partition coefficient (Wildman–Crippen LogP) is 5.55. The van der Waals surface area contributed by atoms with Crippen LogP contribution in [0.1, 0.15) is 39.9 Å². The normalized spacial score (nSPS) is 13.4. The second-order valence-corrected chi connectivity index (χ2v) is 7.36. The smallest absolute Gasteiger partial charge is 0.341 e. The molecule has 0 atom stereocenters. The molecular weight excluding hydrogens is 342 g/mol. The van der Waals surface area contributed by atoms with E-state index >= 15 is 0 Å². The fourth-order valence-electron chi connectivity index (χ4n) is 3.61. The summed E-state index contributed by atoms with van der Waals surface area (Å²) in [6, 6.07) is 18.5. The molecule has 2 aromatic carbocycles. The number of ether oxygens (including phenoxy) is 1. The van der Waals surface area contributed by atoms with Crippen LogP contribution in [0, 0.1) is 0 Å². The standard InChI is InChI=1S/C22H21NO2S/c1-2-25-22(24)20-19(17-12-15-8-6-7-9-16(15)13-17)14-26-21(20)23-18-10-4-3-5-11-18/h3-11,14,17,23H,2,12-13H2,1H3. The minimum absolute atomic E-state index is 0.238. The minimum Gasteiger partial charge on any atom is -0.462 e. The third kappa shape index (κ3) is 3.25. The number of para-hydroxylation sites is 1. The molecule has 3 aromatic rings. The molecule has 1 aromatic heterocycles. The molecule has 0 fully saturated rings. The first-order chi connectivity index (χ1) is 12.8. The number of hydrogen-bond acceptors (Lipinski definition) is 4. The summed E-state index contributed by atoms with van der Waals surface area (Å²) in [6.45, 7) is 2.23. The molecule has 1 aliphatic rings. The van der Waals surface area contributed by atoms with Crippen LogP contribution >= 0.6 is 11.3 Å². The Morgan fingerprint density at radius 2 is 1.73 bits per heavy atom. The van der Waals surface area contributed by atoms with Gasteiger partial charge in [0.25, 0.3) is 0 Å². The van der Waals surface area contributed by atoms with E-state index in [9.17, 15) is 4.79 Å². The van der Waals surface area contributed by atoms with E-state index < -0.39 is 0 Å². The van der Waals surface area contributed by atoms with Crippen LogP contribution in [0.15, 0.2) is 60.0 Å². The lowest BCUT2D eigenvalue weighted by Gasteiger charge is -2.13. The van der Waals surface area contributed by atoms with E-state index in [1.54, 1.807) is 11.3 Å². The molecule has 4 rings (SSSR count). The number of esters is 1. The fourth-order valence-corrected chi connectivity index (χ4v) is 4.66. The Morgan fingerprint density at radius 1 is 1.08 bits per heavy atom. The first-order valence-electron chi connectivity index (χ1n) is 8.93. The van der Waals surface area contributed by atoms with Gasteiger partial charge in [-0.3, -0.25) is 0 Å². The van der Waals surface area contributed by atoms with Gasteiger partial charge in [-0.1, -0.05) is 42.5 Å². The number of thiophene rings is 1. The molecule has 132 valence electrons. The monoisotopic (exact) mass is 363 g/mol. The zero-order valence-corrected chi connectivity index (χ0v) is 15.5. The number of anilines is 2. The molecule has 0 aliphatic heterocycles. The Balaban J connectivity index is 1.68. The molecule has 4 heteroatoms. The number of carbonyl (C=O) groups is 1. The number of fused-ring (bicyclic) bond motifs is 1. The molecule has 1 aliphatic carbocycles. The number of carbonyl (C=O) groups excluding carboxylic acids is 1. The molecule has 3 nitrogen and oxygen atoms in total. The molecule has 0 bridgehead atoms. The van der Waals surface area contributed by atoms with Crippen LogP contribution in [0.3, 0.4) is 0 Å². The van der Waals surface area contributed by atoms with E-state index in [2.05, 4.69) is 35.0 Å². The van der Waals surface area contributed by atoms with E-state index in [4.69, 9.17) is 4.74 Å². The summed E-state index contributed by atoms with van der Waals surface area (Å²) in [7, 11) is 0. The quantitative estimate of drug-likeness (QED) is 0.604. The van der Waals surface area contributed by atoms with Crippen LogP contribution < -0.4 is 5.32 Å². The lowest BCUT2D eigenvalue weighted by molar-refractivity contribution is 0.0526. The van der Waals surface area contributed by atoms with E-state index in [-0.39, 0.29) is 5.97 Å². The third-order valence-electron chi connectivity index (χ3n) is 4.82. The molecule has 0 spiro atoms. The van der Waals surface area contributed by atoms with Gasteiger partial charge in [0.1, 0.15) is 5.00 Å². The van der Waals surface area contributed by atoms with E-state index in [1.807, 2.05) is 37.3 Å². The fraction of sp³-hybridized carbons (Fsp3) is 0.227. The summed E-state index contributed by atoms with van der Waals surface area (Å²) in [6.07, 6.45) is 1.95. The molecule has 0 saturated carbocycles. The molecule has 26 heavy (non-hydrogen) atoms. The van der Waals surface area contributed by atoms with Gasteiger partial charge in [-0.25, -0.2) is 4.79 Å². The van der Waals surface area contributed by atoms with E-state index in [0.717, 1.165) is 29.1 Å². The summed E-state index contributed by atoms with van der Waals surface area (Å²) < 4.78 is 5.37. The average Bonchev–Trinajstić information content (AvgIpc) is 3.26. The van der Waals surface area contributed by atoms with Crippen molar-refractivity contribution in [2.75, 3.05) is 11.9 Å². The predicted molar refractivity (Wildman–Crippen MR) is 107 cm³/mol. The highest BCUT2D eigenvalue weighted by molar-refractivity contribution is 7.14. The molecule has 0 unspecified atom stereocenters. The van der Waals surface area contributed by atoms with Gasteiger partial charge < -0.3 is 10.1 Å². The number of nitrogens with one attached hydrogen (secondary N) is 1. The van der Waals surface area contributed by atoms with Crippen LogP contribution in [0.5, 0.6) is 0 Å². The van der Waals surface area contributed by atoms with Crippen molar-refractivity contribution in [3.05, 3.63) is 82.2 Å². The zero-order valence-electron chi connectivity index (χ0n) is 14.7. The van der Waals surface area contributed by atoms with E-state index in [1.165, 1.54) is 11.1 Å². The summed E-state index contributed by atoms with van der Waals surface area (Å²) in [5.74, 6) is 0.0903. The number of hydrogen-bond donors (Lipinski definition) is 1. The van der Waals surface area contributed by atoms with Crippen molar-refractivity contribution in [2.24, 2.45) is 0 Å². The van der Waals surface area contributed by atoms with Crippen LogP contribution in [0.25, 0.3) is 0 Å². The third-order valence-corrected chi connectivity index (χ3v) is 5.74. The second-order valence-electron chi connectivity index (χ2n) is 6.48. The van der Waals surface area contributed by atoms with Crippen LogP contribution in [0.2, 0.25) is 0 Å². The molecule has 0 saturated heterocycles. The molecular formula is C22H21NO2S. The maximum Gasteiger partial charge on any atom is 0.341 e. The SMILES string of the molecule is CCOC(=O)c1c(C2Cc3ccccc3C2)csc1Nc1ccccc1. The zero-order chi connectivity index (χ0) is 17.9. The molecule has 0 radical (unpaired) electrons. The average molecular weight is 363 g/mol. The number of rotatable bonds is 5. The van der Waals surface area contributed by atoms with Gasteiger partial charge >= 0.3 is 5.97 Å². The highest BCUT2D eigenvalue weighted by atomic mass is 32.1. The lowest BCUT2D eigenvalue weighted by atomic mass is 9.95. The van der Waals surface area contributed by atoms with Crippen molar-refractivity contribution in [1.29, 1.82) is 0 Å². The van der Waals surface area contributed by atoms with Gasteiger partial charge in [0.2, 0.25) is 0 Å². The van der Waals surface area contributed by atoms with Crippen molar-refractivity contribution in [3.63, 3.8) is 0 Å². The topological polar surface area (TPSA) is 38.3 Å². The highest BCUT2D eigenvalue weighted by Gasteiger charge is 2.30. The van der Waals surface area contributed by atoms with Crippen molar-refractivity contribution in [1.82, 2.24) is 0 Å². The maximum absolute atomic E-state index is 12.7. The largest absolute Gasteiger partial charge is 0.462 e. The second kappa shape index (κ2) is 7.34. The van der Waals surface area contributed by atoms with Crippen LogP contribution in [-0.2, 0) is 17.6 Å². The first kappa shape index (κ1) is 16.9. The Bertz CT molecular complexity index is 892. The summed E-state index contributed by atoms with van der Waals surface area (Å²) in [5.41, 5.74) is 5.54. The maximum atomic E-state index is 12.7.